The number of hydrogen-bond acceptors (Lipinski definition) is 5. The van der Waals surface area contributed by atoms with Gasteiger partial charge in [0.25, 0.3) is 11.5 Å². The van der Waals surface area contributed by atoms with Gasteiger partial charge in [-0.1, -0.05) is 41.9 Å². The summed E-state index contributed by atoms with van der Waals surface area (Å²) in [5.74, 6) is -0.122. The van der Waals surface area contributed by atoms with Gasteiger partial charge in [0.2, 0.25) is 0 Å². The van der Waals surface area contributed by atoms with E-state index in [1.165, 1.54) is 17.9 Å². The Bertz CT molecular complexity index is 1810. The number of amides is 1. The van der Waals surface area contributed by atoms with E-state index in [2.05, 4.69) is 5.10 Å². The predicted molar refractivity (Wildman–Crippen MR) is 150 cm³/mol. The molecule has 0 radical (unpaired) electrons. The second-order valence-corrected chi connectivity index (χ2v) is 9.82. The molecule has 6 rings (SSSR count). The van der Waals surface area contributed by atoms with E-state index in [1.807, 2.05) is 29.2 Å². The molecule has 1 saturated heterocycles. The first-order valence-corrected chi connectivity index (χ1v) is 12.9. The standard InChI is InChI=1S/C29H25ClFN5O3/c1-33-22-9-5-3-7-19(22)25-26(28(37)35-15-13-34(14-16-35)23-10-6-4-8-21(23)31)32-36(29(38)27(25)33)18-11-12-24(39-2)20(30)17-18/h3-12,17H,13-16H2,1-2H3. The highest BCUT2D eigenvalue weighted by Gasteiger charge is 2.29. The third kappa shape index (κ3) is 4.10. The molecule has 0 aliphatic carbocycles. The fourth-order valence-electron chi connectivity index (χ4n) is 5.30. The summed E-state index contributed by atoms with van der Waals surface area (Å²) < 4.78 is 22.6. The number of halogens is 2. The molecule has 0 unspecified atom stereocenters. The fraction of sp³-hybridized carbons (Fsp3) is 0.207. The van der Waals surface area contributed by atoms with Gasteiger partial charge in [0, 0.05) is 49.5 Å². The maximum atomic E-state index is 14.4. The summed E-state index contributed by atoms with van der Waals surface area (Å²) in [6.07, 6.45) is 0. The summed E-state index contributed by atoms with van der Waals surface area (Å²) in [6, 6.07) is 19.1. The number of anilines is 1. The van der Waals surface area contributed by atoms with Gasteiger partial charge >= 0.3 is 0 Å². The molecule has 198 valence electrons. The van der Waals surface area contributed by atoms with Crippen LogP contribution in [0, 0.1) is 5.82 Å². The lowest BCUT2D eigenvalue weighted by molar-refractivity contribution is 0.0741. The van der Waals surface area contributed by atoms with E-state index < -0.39 is 0 Å². The average molecular weight is 546 g/mol. The molecule has 8 nitrogen and oxygen atoms in total. The molecule has 2 aromatic heterocycles. The number of piperazine rings is 1. The van der Waals surface area contributed by atoms with Crippen molar-refractivity contribution in [3.8, 4) is 11.4 Å². The van der Waals surface area contributed by atoms with Crippen molar-refractivity contribution in [3.05, 3.63) is 93.6 Å². The number of aryl methyl sites for hydroxylation is 1. The van der Waals surface area contributed by atoms with Crippen molar-refractivity contribution in [2.45, 2.75) is 0 Å². The monoisotopic (exact) mass is 545 g/mol. The van der Waals surface area contributed by atoms with Crippen LogP contribution >= 0.6 is 11.6 Å². The topological polar surface area (TPSA) is 72.6 Å². The number of hydrogen-bond donors (Lipinski definition) is 0. The molecular formula is C29H25ClFN5O3. The van der Waals surface area contributed by atoms with Crippen LogP contribution in [0.25, 0.3) is 27.5 Å². The van der Waals surface area contributed by atoms with Crippen LogP contribution < -0.4 is 15.2 Å². The second-order valence-electron chi connectivity index (χ2n) is 9.41. The molecular weight excluding hydrogens is 521 g/mol. The van der Waals surface area contributed by atoms with E-state index in [0.29, 0.717) is 59.2 Å². The molecule has 1 fully saturated rings. The van der Waals surface area contributed by atoms with E-state index in [4.69, 9.17) is 16.3 Å². The van der Waals surface area contributed by atoms with Crippen LogP contribution in [0.4, 0.5) is 10.1 Å². The molecule has 5 aromatic rings. The molecule has 0 atom stereocenters. The minimum Gasteiger partial charge on any atom is -0.495 e. The van der Waals surface area contributed by atoms with Gasteiger partial charge in [-0.2, -0.15) is 9.78 Å². The molecule has 3 heterocycles. The van der Waals surface area contributed by atoms with Gasteiger partial charge in [0.15, 0.2) is 5.69 Å². The van der Waals surface area contributed by atoms with E-state index in [9.17, 15) is 14.0 Å². The summed E-state index contributed by atoms with van der Waals surface area (Å²) in [7, 11) is 3.31. The third-order valence-electron chi connectivity index (χ3n) is 7.28. The van der Waals surface area contributed by atoms with Crippen LogP contribution in [-0.4, -0.2) is 58.4 Å². The van der Waals surface area contributed by atoms with Gasteiger partial charge in [-0.25, -0.2) is 4.39 Å². The zero-order chi connectivity index (χ0) is 27.3. The zero-order valence-corrected chi connectivity index (χ0v) is 22.2. The lowest BCUT2D eigenvalue weighted by Gasteiger charge is -2.36. The first-order valence-electron chi connectivity index (χ1n) is 12.5. The van der Waals surface area contributed by atoms with Gasteiger partial charge in [-0.3, -0.25) is 9.59 Å². The summed E-state index contributed by atoms with van der Waals surface area (Å²) >= 11 is 6.37. The zero-order valence-electron chi connectivity index (χ0n) is 21.4. The summed E-state index contributed by atoms with van der Waals surface area (Å²) in [5, 5.41) is 6.22. The van der Waals surface area contributed by atoms with Gasteiger partial charge < -0.3 is 19.1 Å². The van der Waals surface area contributed by atoms with Gasteiger partial charge in [-0.05, 0) is 36.4 Å². The number of ether oxygens (including phenoxy) is 1. The van der Waals surface area contributed by atoms with Crippen LogP contribution in [0.5, 0.6) is 5.75 Å². The maximum absolute atomic E-state index is 14.4. The third-order valence-corrected chi connectivity index (χ3v) is 7.58. The van der Waals surface area contributed by atoms with E-state index >= 15 is 0 Å². The van der Waals surface area contributed by atoms with Crippen LogP contribution in [0.15, 0.2) is 71.5 Å². The lowest BCUT2D eigenvalue weighted by atomic mass is 10.1. The molecule has 0 N–H and O–H groups in total. The Morgan fingerprint density at radius 3 is 2.44 bits per heavy atom. The van der Waals surface area contributed by atoms with Crippen LogP contribution in [-0.2, 0) is 7.05 Å². The number of carbonyl (C=O) groups is 1. The van der Waals surface area contributed by atoms with E-state index in [-0.39, 0.29) is 23.0 Å². The largest absolute Gasteiger partial charge is 0.495 e. The number of nitrogens with zero attached hydrogens (tertiary/aromatic N) is 5. The number of benzene rings is 3. The lowest BCUT2D eigenvalue weighted by Crippen LogP contribution is -2.49. The summed E-state index contributed by atoms with van der Waals surface area (Å²) in [5.41, 5.74) is 1.92. The fourth-order valence-corrected chi connectivity index (χ4v) is 5.55. The van der Waals surface area contributed by atoms with Crippen molar-refractivity contribution >= 4 is 45.0 Å². The number of methoxy groups -OCH3 is 1. The van der Waals surface area contributed by atoms with Crippen LogP contribution in [0.1, 0.15) is 10.5 Å². The number of fused-ring (bicyclic) bond motifs is 3. The number of carbonyl (C=O) groups excluding carboxylic acids is 1. The normalized spacial score (nSPS) is 13.8. The Morgan fingerprint density at radius 2 is 1.72 bits per heavy atom. The van der Waals surface area contributed by atoms with Crippen molar-refractivity contribution in [1.82, 2.24) is 19.2 Å². The highest BCUT2D eigenvalue weighted by molar-refractivity contribution is 6.32. The van der Waals surface area contributed by atoms with Gasteiger partial charge in [0.05, 0.1) is 23.5 Å². The van der Waals surface area contributed by atoms with Crippen LogP contribution in [0.2, 0.25) is 5.02 Å². The maximum Gasteiger partial charge on any atom is 0.296 e. The molecule has 10 heteroatoms. The average Bonchev–Trinajstić information content (AvgIpc) is 3.26. The van der Waals surface area contributed by atoms with Crippen molar-refractivity contribution in [2.75, 3.05) is 38.2 Å². The minimum absolute atomic E-state index is 0.174. The number of para-hydroxylation sites is 2. The molecule has 0 spiro atoms. The molecule has 1 aliphatic heterocycles. The smallest absolute Gasteiger partial charge is 0.296 e. The van der Waals surface area contributed by atoms with E-state index in [0.717, 1.165) is 10.9 Å². The minimum atomic E-state index is -0.370. The predicted octanol–water partition coefficient (Wildman–Crippen LogP) is 4.64. The Balaban J connectivity index is 1.47. The molecule has 39 heavy (non-hydrogen) atoms. The summed E-state index contributed by atoms with van der Waals surface area (Å²) in [6.45, 7) is 1.71. The Labute approximate surface area is 228 Å². The molecule has 0 bridgehead atoms. The van der Waals surface area contributed by atoms with Crippen molar-refractivity contribution in [1.29, 1.82) is 0 Å². The second kappa shape index (κ2) is 9.74. The first kappa shape index (κ1) is 24.9. The quantitative estimate of drug-likeness (QED) is 0.329. The van der Waals surface area contributed by atoms with E-state index in [1.54, 1.807) is 52.9 Å². The molecule has 3 aromatic carbocycles. The van der Waals surface area contributed by atoms with Crippen molar-refractivity contribution < 1.29 is 13.9 Å². The number of aromatic nitrogens is 3. The highest BCUT2D eigenvalue weighted by Crippen LogP contribution is 2.31. The van der Waals surface area contributed by atoms with Crippen molar-refractivity contribution in [2.24, 2.45) is 7.05 Å². The van der Waals surface area contributed by atoms with Gasteiger partial charge in [0.1, 0.15) is 17.1 Å². The Kier molecular flexibility index (Phi) is 6.23. The Hall–Kier alpha value is -4.37. The highest BCUT2D eigenvalue weighted by atomic mass is 35.5. The molecule has 0 saturated carbocycles. The summed E-state index contributed by atoms with van der Waals surface area (Å²) in [4.78, 5) is 31.5. The SMILES string of the molecule is COc1ccc(-n2nc(C(=O)N3CCN(c4ccccc4F)CC3)c3c4ccccc4n(C)c3c2=O)cc1Cl. The van der Waals surface area contributed by atoms with Crippen LogP contribution in [0.3, 0.4) is 0 Å². The Morgan fingerprint density at radius 1 is 1.00 bits per heavy atom. The molecule has 1 amide bonds. The molecule has 1 aliphatic rings. The first-order chi connectivity index (χ1) is 18.9. The number of rotatable bonds is 4. The van der Waals surface area contributed by atoms with Gasteiger partial charge in [-0.15, -0.1) is 0 Å². The van der Waals surface area contributed by atoms with Crippen molar-refractivity contribution in [3.63, 3.8) is 0 Å².